The lowest BCUT2D eigenvalue weighted by Crippen LogP contribution is -2.46. The number of halogens is 3. The number of nitrogens with one attached hydrogen (secondary N) is 2. The molecular formula is C21H21F3N6OS. The fraction of sp³-hybridized carbons (Fsp3) is 0.381. The van der Waals surface area contributed by atoms with Gasteiger partial charge in [0.15, 0.2) is 5.65 Å². The number of aromatic amines is 1. The van der Waals surface area contributed by atoms with Crippen LogP contribution in [0.3, 0.4) is 0 Å². The number of hydrogen-bond acceptors (Lipinski definition) is 5. The van der Waals surface area contributed by atoms with Crippen LogP contribution < -0.4 is 5.32 Å². The molecule has 0 atom stereocenters. The quantitative estimate of drug-likeness (QED) is 0.480. The molecule has 7 nitrogen and oxygen atoms in total. The van der Waals surface area contributed by atoms with Crippen molar-refractivity contribution >= 4 is 33.1 Å². The summed E-state index contributed by atoms with van der Waals surface area (Å²) in [5.74, 6) is 0.0149. The summed E-state index contributed by atoms with van der Waals surface area (Å²) in [6.45, 7) is 6.83. The summed E-state index contributed by atoms with van der Waals surface area (Å²) in [6.07, 6.45) is -1.90. The molecule has 32 heavy (non-hydrogen) atoms. The molecule has 1 saturated heterocycles. The van der Waals surface area contributed by atoms with E-state index < -0.39 is 11.7 Å². The standard InChI is InChI=1S/C21H21F3N6OS/c1-11(2)16-17(12-7-13(21(22,23)24)19-26-10-27-30(19)9-12)28-14-8-15(32-18(14)16)20(31)29-5-3-25-4-6-29/h7-11,25,28H,3-6H2,1-2H3. The maximum absolute atomic E-state index is 13.7. The lowest BCUT2D eigenvalue weighted by atomic mass is 9.99. The first-order valence-electron chi connectivity index (χ1n) is 10.3. The first-order valence-corrected chi connectivity index (χ1v) is 11.1. The van der Waals surface area contributed by atoms with E-state index in [4.69, 9.17) is 0 Å². The largest absolute Gasteiger partial charge is 0.420 e. The van der Waals surface area contributed by atoms with Crippen molar-refractivity contribution in [2.45, 2.75) is 25.9 Å². The number of fused-ring (bicyclic) bond motifs is 2. The number of rotatable bonds is 3. The van der Waals surface area contributed by atoms with Gasteiger partial charge in [0.25, 0.3) is 5.91 Å². The molecule has 0 bridgehead atoms. The normalized spacial score (nSPS) is 15.4. The minimum Gasteiger partial charge on any atom is -0.354 e. The highest BCUT2D eigenvalue weighted by molar-refractivity contribution is 7.21. The minimum atomic E-state index is -4.56. The molecular weight excluding hydrogens is 441 g/mol. The maximum atomic E-state index is 13.7. The summed E-state index contributed by atoms with van der Waals surface area (Å²) in [5.41, 5.74) is 1.54. The molecule has 0 aromatic carbocycles. The van der Waals surface area contributed by atoms with Crippen molar-refractivity contribution in [3.8, 4) is 11.3 Å². The molecule has 5 rings (SSSR count). The van der Waals surface area contributed by atoms with Gasteiger partial charge in [0.05, 0.1) is 20.8 Å². The molecule has 1 fully saturated rings. The van der Waals surface area contributed by atoms with Crippen molar-refractivity contribution in [2.75, 3.05) is 26.2 Å². The smallest absolute Gasteiger partial charge is 0.354 e. The minimum absolute atomic E-state index is 0.0132. The van der Waals surface area contributed by atoms with Gasteiger partial charge in [-0.2, -0.15) is 18.3 Å². The fourth-order valence-corrected chi connectivity index (χ4v) is 5.46. The second-order valence-corrected chi connectivity index (χ2v) is 9.18. The van der Waals surface area contributed by atoms with E-state index >= 15 is 0 Å². The van der Waals surface area contributed by atoms with Crippen LogP contribution in [0.25, 0.3) is 27.1 Å². The molecule has 1 amide bonds. The number of piperazine rings is 1. The van der Waals surface area contributed by atoms with Crippen LogP contribution in [0.4, 0.5) is 13.2 Å². The highest BCUT2D eigenvalue weighted by Crippen LogP contribution is 2.42. The molecule has 0 aliphatic carbocycles. The van der Waals surface area contributed by atoms with E-state index in [1.54, 1.807) is 12.3 Å². The lowest BCUT2D eigenvalue weighted by Gasteiger charge is -2.26. The molecule has 0 spiro atoms. The summed E-state index contributed by atoms with van der Waals surface area (Å²) in [5, 5.41) is 7.15. The van der Waals surface area contributed by atoms with Crippen LogP contribution in [0.5, 0.6) is 0 Å². The molecule has 1 aliphatic rings. The Morgan fingerprint density at radius 2 is 1.97 bits per heavy atom. The monoisotopic (exact) mass is 462 g/mol. The average molecular weight is 463 g/mol. The third-order valence-corrected chi connectivity index (χ3v) is 6.82. The van der Waals surface area contributed by atoms with E-state index in [1.807, 2.05) is 18.7 Å². The van der Waals surface area contributed by atoms with Crippen LogP contribution in [0.2, 0.25) is 0 Å². The van der Waals surface area contributed by atoms with Gasteiger partial charge >= 0.3 is 6.18 Å². The SMILES string of the molecule is CC(C)c1c(-c2cc(C(F)(F)F)c3ncnn3c2)[nH]c2cc(C(=O)N3CCNCC3)sc12. The Kier molecular flexibility index (Phi) is 4.97. The topological polar surface area (TPSA) is 78.3 Å². The third-order valence-electron chi connectivity index (χ3n) is 5.67. The predicted molar refractivity (Wildman–Crippen MR) is 116 cm³/mol. The number of alkyl halides is 3. The van der Waals surface area contributed by atoms with Crippen LogP contribution in [-0.4, -0.2) is 56.6 Å². The summed E-state index contributed by atoms with van der Waals surface area (Å²) in [4.78, 5) is 22.4. The van der Waals surface area contributed by atoms with E-state index in [9.17, 15) is 18.0 Å². The molecule has 11 heteroatoms. The van der Waals surface area contributed by atoms with Crippen molar-refractivity contribution in [1.29, 1.82) is 0 Å². The molecule has 2 N–H and O–H groups in total. The third kappa shape index (κ3) is 3.45. The number of thiophene rings is 1. The van der Waals surface area contributed by atoms with Crippen LogP contribution in [0, 0.1) is 0 Å². The van der Waals surface area contributed by atoms with Crippen LogP contribution in [0.15, 0.2) is 24.7 Å². The second-order valence-electron chi connectivity index (χ2n) is 8.13. The van der Waals surface area contributed by atoms with E-state index in [0.717, 1.165) is 45.8 Å². The Hall–Kier alpha value is -2.92. The number of nitrogens with zero attached hydrogens (tertiary/aromatic N) is 4. The van der Waals surface area contributed by atoms with Crippen LogP contribution in [-0.2, 0) is 6.18 Å². The molecule has 168 valence electrons. The summed E-state index contributed by atoms with van der Waals surface area (Å²) < 4.78 is 43.1. The summed E-state index contributed by atoms with van der Waals surface area (Å²) in [6, 6.07) is 2.91. The Bertz CT molecular complexity index is 1310. The zero-order valence-electron chi connectivity index (χ0n) is 17.5. The van der Waals surface area contributed by atoms with Crippen LogP contribution in [0.1, 0.15) is 40.6 Å². The van der Waals surface area contributed by atoms with Gasteiger partial charge in [0.1, 0.15) is 11.9 Å². The highest BCUT2D eigenvalue weighted by atomic mass is 32.1. The Labute approximate surface area is 185 Å². The Morgan fingerprint density at radius 3 is 2.66 bits per heavy atom. The van der Waals surface area contributed by atoms with E-state index in [0.29, 0.717) is 29.2 Å². The van der Waals surface area contributed by atoms with E-state index in [1.165, 1.54) is 11.3 Å². The van der Waals surface area contributed by atoms with Crippen molar-refractivity contribution in [2.24, 2.45) is 0 Å². The van der Waals surface area contributed by atoms with Gasteiger partial charge < -0.3 is 15.2 Å². The molecule has 0 unspecified atom stereocenters. The number of carbonyl (C=O) groups excluding carboxylic acids is 1. The van der Waals surface area contributed by atoms with Gasteiger partial charge in [0, 0.05) is 37.9 Å². The van der Waals surface area contributed by atoms with Crippen molar-refractivity contribution in [3.05, 3.63) is 40.7 Å². The van der Waals surface area contributed by atoms with Crippen LogP contribution >= 0.6 is 11.3 Å². The average Bonchev–Trinajstić information content (AvgIpc) is 3.45. The fourth-order valence-electron chi connectivity index (χ4n) is 4.18. The molecule has 4 aromatic heterocycles. The highest BCUT2D eigenvalue weighted by Gasteiger charge is 2.35. The van der Waals surface area contributed by atoms with Gasteiger partial charge in [-0.1, -0.05) is 13.8 Å². The van der Waals surface area contributed by atoms with Crippen molar-refractivity contribution in [1.82, 2.24) is 29.8 Å². The van der Waals surface area contributed by atoms with Gasteiger partial charge in [-0.3, -0.25) is 4.79 Å². The van der Waals surface area contributed by atoms with E-state index in [-0.39, 0.29) is 17.5 Å². The first-order chi connectivity index (χ1) is 15.2. The lowest BCUT2D eigenvalue weighted by molar-refractivity contribution is -0.136. The second kappa shape index (κ2) is 7.59. The number of aromatic nitrogens is 4. The Balaban J connectivity index is 1.63. The van der Waals surface area contributed by atoms with Crippen molar-refractivity contribution < 1.29 is 18.0 Å². The van der Waals surface area contributed by atoms with Gasteiger partial charge in [-0.25, -0.2) is 9.50 Å². The number of hydrogen-bond donors (Lipinski definition) is 2. The first kappa shape index (κ1) is 21.0. The molecule has 0 saturated carbocycles. The maximum Gasteiger partial charge on any atom is 0.420 e. The number of pyridine rings is 1. The van der Waals surface area contributed by atoms with Gasteiger partial charge in [-0.05, 0) is 23.6 Å². The van der Waals surface area contributed by atoms with Gasteiger partial charge in [-0.15, -0.1) is 11.3 Å². The summed E-state index contributed by atoms with van der Waals surface area (Å²) in [7, 11) is 0. The molecule has 5 heterocycles. The molecule has 4 aromatic rings. The van der Waals surface area contributed by atoms with Gasteiger partial charge in [0.2, 0.25) is 0 Å². The Morgan fingerprint density at radius 1 is 1.22 bits per heavy atom. The predicted octanol–water partition coefficient (Wildman–Crippen LogP) is 4.13. The number of amides is 1. The number of H-pyrrole nitrogens is 1. The van der Waals surface area contributed by atoms with E-state index in [2.05, 4.69) is 20.4 Å². The summed E-state index contributed by atoms with van der Waals surface area (Å²) >= 11 is 1.38. The zero-order valence-corrected chi connectivity index (χ0v) is 18.3. The number of carbonyl (C=O) groups is 1. The zero-order chi connectivity index (χ0) is 22.6. The molecule has 0 radical (unpaired) electrons. The van der Waals surface area contributed by atoms with Crippen molar-refractivity contribution in [3.63, 3.8) is 0 Å². The molecule has 1 aliphatic heterocycles.